The van der Waals surface area contributed by atoms with E-state index in [1.807, 2.05) is 63.2 Å². The zero-order chi connectivity index (χ0) is 31.7. The van der Waals surface area contributed by atoms with Crippen LogP contribution >= 0.6 is 0 Å². The van der Waals surface area contributed by atoms with Gasteiger partial charge in [-0.15, -0.1) is 0 Å². The van der Waals surface area contributed by atoms with Crippen LogP contribution in [0.2, 0.25) is 0 Å². The van der Waals surface area contributed by atoms with Crippen molar-refractivity contribution in [1.29, 1.82) is 0 Å². The molecule has 0 unspecified atom stereocenters. The van der Waals surface area contributed by atoms with Crippen LogP contribution in [0.3, 0.4) is 0 Å². The van der Waals surface area contributed by atoms with Gasteiger partial charge < -0.3 is 10.2 Å². The number of amides is 2. The predicted octanol–water partition coefficient (Wildman–Crippen LogP) is 5.75. The maximum absolute atomic E-state index is 15.0. The third-order valence-corrected chi connectivity index (χ3v) is 9.03. The third kappa shape index (κ3) is 7.90. The van der Waals surface area contributed by atoms with Crippen molar-refractivity contribution in [3.63, 3.8) is 0 Å². The van der Waals surface area contributed by atoms with E-state index in [4.69, 9.17) is 0 Å². The van der Waals surface area contributed by atoms with Crippen LogP contribution in [0.5, 0.6) is 0 Å². The topological polar surface area (TPSA) is 86.8 Å². The molecule has 0 aromatic heterocycles. The van der Waals surface area contributed by atoms with Crippen LogP contribution < -0.4 is 9.62 Å². The van der Waals surface area contributed by atoms with Crippen molar-refractivity contribution in [1.82, 2.24) is 10.2 Å². The first-order valence-electron chi connectivity index (χ1n) is 14.6. The molecule has 0 saturated carbocycles. The summed E-state index contributed by atoms with van der Waals surface area (Å²) in [7, 11) is -4.21. The van der Waals surface area contributed by atoms with E-state index in [-0.39, 0.29) is 29.5 Å². The maximum Gasteiger partial charge on any atom is 0.264 e. The van der Waals surface area contributed by atoms with Gasteiger partial charge in [0.05, 0.1) is 10.6 Å². The van der Waals surface area contributed by atoms with Crippen molar-refractivity contribution in [3.8, 4) is 0 Å². The van der Waals surface area contributed by atoms with Crippen LogP contribution in [0.4, 0.5) is 10.1 Å². The standard InChI is InChI=1S/C35H38FN3O4S/c1-4-28-17-12-14-22-32(28)39(44(42,43)30-19-9-6-10-20-30)25-34(40)38(24-29-18-11-13-21-31(29)36)33(35(41)37-26(2)3)23-27-15-7-5-8-16-27/h5-22,26,33H,4,23-25H2,1-3H3,(H,37,41)/t33-/m1/s1. The minimum Gasteiger partial charge on any atom is -0.352 e. The Bertz CT molecular complexity index is 1660. The van der Waals surface area contributed by atoms with Gasteiger partial charge in [0.1, 0.15) is 18.4 Å². The number of hydrogen-bond donors (Lipinski definition) is 1. The number of carbonyl (C=O) groups excluding carboxylic acids is 2. The summed E-state index contributed by atoms with van der Waals surface area (Å²) in [5.41, 5.74) is 2.11. The fourth-order valence-electron chi connectivity index (χ4n) is 5.03. The van der Waals surface area contributed by atoms with Crippen molar-refractivity contribution >= 4 is 27.5 Å². The summed E-state index contributed by atoms with van der Waals surface area (Å²) in [5, 5.41) is 2.90. The Morgan fingerprint density at radius 2 is 1.36 bits per heavy atom. The second kappa shape index (κ2) is 14.8. The normalized spacial score (nSPS) is 12.0. The molecule has 1 atom stereocenters. The van der Waals surface area contributed by atoms with Gasteiger partial charge in [-0.25, -0.2) is 12.8 Å². The van der Waals surface area contributed by atoms with Gasteiger partial charge in [0.2, 0.25) is 11.8 Å². The molecular weight excluding hydrogens is 577 g/mol. The Morgan fingerprint density at radius 1 is 0.795 bits per heavy atom. The fraction of sp³-hybridized carbons (Fsp3) is 0.257. The molecule has 0 bridgehead atoms. The highest BCUT2D eigenvalue weighted by Crippen LogP contribution is 2.28. The average Bonchev–Trinajstić information content (AvgIpc) is 3.02. The average molecular weight is 616 g/mol. The Kier molecular flexibility index (Phi) is 10.9. The number of nitrogens with one attached hydrogen (secondary N) is 1. The Morgan fingerprint density at radius 3 is 1.98 bits per heavy atom. The number of para-hydroxylation sites is 1. The summed E-state index contributed by atoms with van der Waals surface area (Å²) in [5.74, 6) is -1.59. The number of halogens is 1. The molecule has 0 spiro atoms. The molecule has 0 saturated heterocycles. The van der Waals surface area contributed by atoms with Crippen molar-refractivity contribution in [2.75, 3.05) is 10.8 Å². The summed E-state index contributed by atoms with van der Waals surface area (Å²) in [4.78, 5) is 29.5. The number of aryl methyl sites for hydroxylation is 1. The molecule has 0 aliphatic rings. The van der Waals surface area contributed by atoms with Crippen LogP contribution in [-0.4, -0.2) is 43.8 Å². The van der Waals surface area contributed by atoms with Gasteiger partial charge >= 0.3 is 0 Å². The maximum atomic E-state index is 15.0. The summed E-state index contributed by atoms with van der Waals surface area (Å²) in [6.45, 7) is 4.71. The van der Waals surface area contributed by atoms with Gasteiger partial charge in [0.15, 0.2) is 0 Å². The molecule has 4 aromatic rings. The van der Waals surface area contributed by atoms with E-state index < -0.39 is 40.2 Å². The van der Waals surface area contributed by atoms with Gasteiger partial charge in [-0.1, -0.05) is 91.9 Å². The summed E-state index contributed by atoms with van der Waals surface area (Å²) in [6, 6.07) is 29.0. The molecule has 1 N–H and O–H groups in total. The Balaban J connectivity index is 1.83. The Labute approximate surface area is 259 Å². The van der Waals surface area contributed by atoms with E-state index in [1.54, 1.807) is 48.5 Å². The lowest BCUT2D eigenvalue weighted by Gasteiger charge is -2.34. The molecule has 4 aromatic carbocycles. The minimum absolute atomic E-state index is 0.0257. The molecule has 0 aliphatic heterocycles. The number of benzene rings is 4. The number of nitrogens with zero attached hydrogens (tertiary/aromatic N) is 2. The molecule has 2 amide bonds. The van der Waals surface area contributed by atoms with Crippen LogP contribution in [-0.2, 0) is 39.0 Å². The number of hydrogen-bond acceptors (Lipinski definition) is 4. The molecule has 0 heterocycles. The zero-order valence-corrected chi connectivity index (χ0v) is 26.0. The third-order valence-electron chi connectivity index (χ3n) is 7.25. The van der Waals surface area contributed by atoms with E-state index in [9.17, 15) is 18.0 Å². The van der Waals surface area contributed by atoms with Crippen LogP contribution in [0.25, 0.3) is 0 Å². The molecule has 4 rings (SSSR count). The van der Waals surface area contributed by atoms with Gasteiger partial charge in [0, 0.05) is 24.6 Å². The molecule has 44 heavy (non-hydrogen) atoms. The number of rotatable bonds is 13. The van der Waals surface area contributed by atoms with Crippen molar-refractivity contribution in [2.24, 2.45) is 0 Å². The quantitative estimate of drug-likeness (QED) is 0.208. The highest BCUT2D eigenvalue weighted by Gasteiger charge is 2.35. The lowest BCUT2D eigenvalue weighted by atomic mass is 10.0. The van der Waals surface area contributed by atoms with E-state index in [0.29, 0.717) is 12.1 Å². The second-order valence-corrected chi connectivity index (χ2v) is 12.7. The molecule has 230 valence electrons. The van der Waals surface area contributed by atoms with E-state index in [1.165, 1.54) is 23.1 Å². The molecular formula is C35H38FN3O4S. The first-order valence-corrected chi connectivity index (χ1v) is 16.1. The summed E-state index contributed by atoms with van der Waals surface area (Å²) < 4.78 is 44.4. The zero-order valence-electron chi connectivity index (χ0n) is 25.2. The van der Waals surface area contributed by atoms with Crippen LogP contribution in [0, 0.1) is 5.82 Å². The lowest BCUT2D eigenvalue weighted by molar-refractivity contribution is -0.140. The van der Waals surface area contributed by atoms with Gasteiger partial charge in [-0.05, 0) is 55.7 Å². The van der Waals surface area contributed by atoms with Crippen molar-refractivity contribution < 1.29 is 22.4 Å². The molecule has 7 nitrogen and oxygen atoms in total. The van der Waals surface area contributed by atoms with Crippen molar-refractivity contribution in [3.05, 3.63) is 132 Å². The Hall–Kier alpha value is -4.50. The van der Waals surface area contributed by atoms with Crippen LogP contribution in [0.1, 0.15) is 37.5 Å². The van der Waals surface area contributed by atoms with Crippen molar-refractivity contribution in [2.45, 2.75) is 57.1 Å². The number of anilines is 1. The summed E-state index contributed by atoms with van der Waals surface area (Å²) in [6.07, 6.45) is 0.675. The van der Waals surface area contributed by atoms with E-state index in [2.05, 4.69) is 5.32 Å². The highest BCUT2D eigenvalue weighted by molar-refractivity contribution is 7.92. The fourth-order valence-corrected chi connectivity index (χ4v) is 6.50. The molecule has 0 fully saturated rings. The van der Waals surface area contributed by atoms with Gasteiger partial charge in [-0.3, -0.25) is 13.9 Å². The smallest absolute Gasteiger partial charge is 0.264 e. The van der Waals surface area contributed by atoms with Gasteiger partial charge in [0.25, 0.3) is 10.0 Å². The van der Waals surface area contributed by atoms with Crippen LogP contribution in [0.15, 0.2) is 114 Å². The molecule has 9 heteroatoms. The SMILES string of the molecule is CCc1ccccc1N(CC(=O)N(Cc1ccccc1F)[C@H](Cc1ccccc1)C(=O)NC(C)C)S(=O)(=O)c1ccccc1. The highest BCUT2D eigenvalue weighted by atomic mass is 32.2. The predicted molar refractivity (Wildman–Crippen MR) is 171 cm³/mol. The minimum atomic E-state index is -4.21. The first-order chi connectivity index (χ1) is 21.1. The monoisotopic (exact) mass is 615 g/mol. The number of sulfonamides is 1. The molecule has 0 aliphatic carbocycles. The van der Waals surface area contributed by atoms with E-state index in [0.717, 1.165) is 15.4 Å². The second-order valence-electron chi connectivity index (χ2n) is 10.8. The molecule has 0 radical (unpaired) electrons. The first kappa shape index (κ1) is 32.4. The number of carbonyl (C=O) groups is 2. The summed E-state index contributed by atoms with van der Waals surface area (Å²) >= 11 is 0. The van der Waals surface area contributed by atoms with Gasteiger partial charge in [-0.2, -0.15) is 0 Å². The van der Waals surface area contributed by atoms with E-state index >= 15 is 4.39 Å². The lowest BCUT2D eigenvalue weighted by Crippen LogP contribution is -2.54. The largest absolute Gasteiger partial charge is 0.352 e.